The Balaban J connectivity index is 1.66. The van der Waals surface area contributed by atoms with Crippen LogP contribution in [0.1, 0.15) is 0 Å². The molecule has 4 aromatic rings. The van der Waals surface area contributed by atoms with Gasteiger partial charge in [0.2, 0.25) is 0 Å². The molecule has 0 heterocycles. The van der Waals surface area contributed by atoms with E-state index >= 15 is 0 Å². The predicted octanol–water partition coefficient (Wildman–Crippen LogP) is 7.14. The van der Waals surface area contributed by atoms with Gasteiger partial charge in [-0.15, -0.1) is 0 Å². The third-order valence-electron chi connectivity index (χ3n) is 4.29. The predicted molar refractivity (Wildman–Crippen MR) is 107 cm³/mol. The molecule has 1 heteroatoms. The van der Waals surface area contributed by atoms with E-state index in [1.165, 1.54) is 16.7 Å². The summed E-state index contributed by atoms with van der Waals surface area (Å²) >= 11 is 5.98. The van der Waals surface area contributed by atoms with Crippen molar-refractivity contribution in [3.05, 3.63) is 108 Å². The molecule has 0 fully saturated rings. The second kappa shape index (κ2) is 6.96. The van der Waals surface area contributed by atoms with Crippen molar-refractivity contribution >= 4 is 11.6 Å². The minimum atomic E-state index is 0.750. The lowest BCUT2D eigenvalue weighted by atomic mass is 9.97. The van der Waals surface area contributed by atoms with Crippen LogP contribution in [0.4, 0.5) is 0 Å². The maximum absolute atomic E-state index is 5.98. The van der Waals surface area contributed by atoms with Crippen LogP contribution < -0.4 is 0 Å². The van der Waals surface area contributed by atoms with Crippen molar-refractivity contribution in [2.24, 2.45) is 0 Å². The first-order valence-corrected chi connectivity index (χ1v) is 8.60. The molecule has 0 amide bonds. The molecule has 0 aliphatic rings. The molecule has 0 aliphatic carbocycles. The van der Waals surface area contributed by atoms with E-state index in [1.54, 1.807) is 0 Å². The largest absolute Gasteiger partial charge is 0.0843 e. The normalized spacial score (nSPS) is 10.6. The van der Waals surface area contributed by atoms with E-state index in [0.29, 0.717) is 0 Å². The lowest BCUT2D eigenvalue weighted by molar-refractivity contribution is 1.57. The molecular weight excluding hydrogens is 324 g/mol. The third kappa shape index (κ3) is 3.50. The van der Waals surface area contributed by atoms with Gasteiger partial charge in [-0.1, -0.05) is 78.3 Å². The Morgan fingerprint density at radius 3 is 1.48 bits per heavy atom. The molecule has 119 valence electrons. The zero-order chi connectivity index (χ0) is 17.1. The van der Waals surface area contributed by atoms with Crippen LogP contribution in [0, 0.1) is 6.07 Å². The van der Waals surface area contributed by atoms with Crippen LogP contribution in [0.15, 0.2) is 97.1 Å². The van der Waals surface area contributed by atoms with Crippen molar-refractivity contribution in [1.29, 1.82) is 0 Å². The van der Waals surface area contributed by atoms with Crippen LogP contribution in [-0.2, 0) is 0 Å². The molecule has 0 saturated carbocycles. The van der Waals surface area contributed by atoms with Gasteiger partial charge in [0.15, 0.2) is 0 Å². The summed E-state index contributed by atoms with van der Waals surface area (Å²) in [5, 5.41) is 0.750. The van der Waals surface area contributed by atoms with Crippen LogP contribution in [0.5, 0.6) is 0 Å². The highest BCUT2D eigenvalue weighted by Crippen LogP contribution is 2.28. The Morgan fingerprint density at radius 1 is 0.480 bits per heavy atom. The molecule has 0 spiro atoms. The Morgan fingerprint density at radius 2 is 0.920 bits per heavy atom. The minimum absolute atomic E-state index is 0.750. The van der Waals surface area contributed by atoms with Gasteiger partial charge in [-0.2, -0.15) is 0 Å². The van der Waals surface area contributed by atoms with Gasteiger partial charge in [-0.05, 0) is 69.8 Å². The van der Waals surface area contributed by atoms with Crippen LogP contribution in [0.25, 0.3) is 33.4 Å². The van der Waals surface area contributed by atoms with Crippen molar-refractivity contribution in [3.63, 3.8) is 0 Å². The average Bonchev–Trinajstić information content (AvgIpc) is 2.69. The number of rotatable bonds is 3. The van der Waals surface area contributed by atoms with Crippen molar-refractivity contribution in [2.75, 3.05) is 0 Å². The number of hydrogen-bond donors (Lipinski definition) is 0. The fourth-order valence-electron chi connectivity index (χ4n) is 2.93. The highest BCUT2D eigenvalue weighted by atomic mass is 35.5. The standard InChI is InChI=1S/C24H16Cl/c25-24-15-13-21(14-16-24)23-8-4-7-22(17-23)20-11-9-19(10-12-20)18-5-2-1-3-6-18/h1-3,5-17H. The van der Waals surface area contributed by atoms with Crippen LogP contribution >= 0.6 is 11.6 Å². The Hall–Kier alpha value is -2.83. The van der Waals surface area contributed by atoms with E-state index in [0.717, 1.165) is 21.7 Å². The molecule has 0 N–H and O–H groups in total. The molecule has 0 saturated heterocycles. The molecule has 0 bridgehead atoms. The summed E-state index contributed by atoms with van der Waals surface area (Å²) < 4.78 is 0. The van der Waals surface area contributed by atoms with Crippen molar-refractivity contribution < 1.29 is 0 Å². The fourth-order valence-corrected chi connectivity index (χ4v) is 3.06. The molecule has 4 aromatic carbocycles. The molecule has 0 atom stereocenters. The first-order valence-electron chi connectivity index (χ1n) is 8.22. The van der Waals surface area contributed by atoms with Gasteiger partial charge in [-0.3, -0.25) is 0 Å². The molecule has 4 rings (SSSR count). The Labute approximate surface area is 153 Å². The van der Waals surface area contributed by atoms with E-state index in [-0.39, 0.29) is 0 Å². The summed E-state index contributed by atoms with van der Waals surface area (Å²) in [6, 6.07) is 36.5. The molecule has 0 unspecified atom stereocenters. The SMILES string of the molecule is Clc1ccc(-c2c[c]cc(-c3ccc(-c4ccccc4)cc3)c2)cc1. The van der Waals surface area contributed by atoms with Crippen LogP contribution in [0.3, 0.4) is 0 Å². The van der Waals surface area contributed by atoms with Crippen molar-refractivity contribution in [2.45, 2.75) is 0 Å². The van der Waals surface area contributed by atoms with Crippen molar-refractivity contribution in [1.82, 2.24) is 0 Å². The number of halogens is 1. The molecular formula is C24H16Cl. The van der Waals surface area contributed by atoms with Gasteiger partial charge in [0.05, 0.1) is 0 Å². The van der Waals surface area contributed by atoms with E-state index < -0.39 is 0 Å². The maximum Gasteiger partial charge on any atom is 0.0406 e. The van der Waals surface area contributed by atoms with E-state index in [9.17, 15) is 0 Å². The lowest BCUT2D eigenvalue weighted by Crippen LogP contribution is -1.83. The van der Waals surface area contributed by atoms with Gasteiger partial charge in [0, 0.05) is 5.02 Å². The third-order valence-corrected chi connectivity index (χ3v) is 4.54. The summed E-state index contributed by atoms with van der Waals surface area (Å²) in [4.78, 5) is 0. The topological polar surface area (TPSA) is 0 Å². The molecule has 1 radical (unpaired) electrons. The van der Waals surface area contributed by atoms with Crippen LogP contribution in [0.2, 0.25) is 5.02 Å². The quantitative estimate of drug-likeness (QED) is 0.372. The first kappa shape index (κ1) is 15.7. The smallest absolute Gasteiger partial charge is 0.0406 e. The van der Waals surface area contributed by atoms with Gasteiger partial charge >= 0.3 is 0 Å². The number of hydrogen-bond acceptors (Lipinski definition) is 0. The Kier molecular flexibility index (Phi) is 4.37. The van der Waals surface area contributed by atoms with E-state index in [2.05, 4.69) is 60.7 Å². The zero-order valence-corrected chi connectivity index (χ0v) is 14.4. The molecule has 0 aromatic heterocycles. The molecule has 25 heavy (non-hydrogen) atoms. The summed E-state index contributed by atoms with van der Waals surface area (Å²) in [6.45, 7) is 0. The summed E-state index contributed by atoms with van der Waals surface area (Å²) in [7, 11) is 0. The summed E-state index contributed by atoms with van der Waals surface area (Å²) in [5.41, 5.74) is 7.08. The van der Waals surface area contributed by atoms with E-state index in [1.807, 2.05) is 42.5 Å². The van der Waals surface area contributed by atoms with Gasteiger partial charge in [0.1, 0.15) is 0 Å². The van der Waals surface area contributed by atoms with Gasteiger partial charge < -0.3 is 0 Å². The fraction of sp³-hybridized carbons (Fsp3) is 0. The monoisotopic (exact) mass is 339 g/mol. The zero-order valence-electron chi connectivity index (χ0n) is 13.6. The highest BCUT2D eigenvalue weighted by molar-refractivity contribution is 6.30. The van der Waals surface area contributed by atoms with Crippen LogP contribution in [-0.4, -0.2) is 0 Å². The average molecular weight is 340 g/mol. The van der Waals surface area contributed by atoms with Crippen molar-refractivity contribution in [3.8, 4) is 33.4 Å². The molecule has 0 aliphatic heterocycles. The summed E-state index contributed by atoms with van der Waals surface area (Å²) in [6.07, 6.45) is 0. The maximum atomic E-state index is 5.98. The minimum Gasteiger partial charge on any atom is -0.0843 e. The van der Waals surface area contributed by atoms with Gasteiger partial charge in [-0.25, -0.2) is 0 Å². The van der Waals surface area contributed by atoms with Gasteiger partial charge in [0.25, 0.3) is 0 Å². The molecule has 0 nitrogen and oxygen atoms in total. The number of benzene rings is 4. The van der Waals surface area contributed by atoms with E-state index in [4.69, 9.17) is 11.6 Å². The second-order valence-corrected chi connectivity index (χ2v) is 6.40. The lowest BCUT2D eigenvalue weighted by Gasteiger charge is -2.08. The first-order chi connectivity index (χ1) is 12.3. The highest BCUT2D eigenvalue weighted by Gasteiger charge is 2.03. The second-order valence-electron chi connectivity index (χ2n) is 5.96. The summed E-state index contributed by atoms with van der Waals surface area (Å²) in [5.74, 6) is 0. The Bertz CT molecular complexity index is 968.